The summed E-state index contributed by atoms with van der Waals surface area (Å²) in [6, 6.07) is 11.1. The topological polar surface area (TPSA) is 68.8 Å². The fraction of sp³-hybridized carbons (Fsp3) is 0.316. The molecule has 6 nitrogen and oxygen atoms in total. The van der Waals surface area contributed by atoms with Gasteiger partial charge in [0.25, 0.3) is 0 Å². The molecule has 2 rings (SSSR count). The average molecular weight is 379 g/mol. The van der Waals surface area contributed by atoms with Crippen molar-refractivity contribution in [1.82, 2.24) is 5.32 Å². The largest absolute Gasteiger partial charge is 0.497 e. The Morgan fingerprint density at radius 1 is 1.00 bits per heavy atom. The molecule has 0 aliphatic carbocycles. The Bertz CT molecular complexity index is 735. The van der Waals surface area contributed by atoms with Crippen molar-refractivity contribution >= 4 is 23.2 Å². The van der Waals surface area contributed by atoms with E-state index in [1.807, 2.05) is 24.3 Å². The second-order valence-electron chi connectivity index (χ2n) is 5.51. The maximum Gasteiger partial charge on any atom is 0.238 e. The smallest absolute Gasteiger partial charge is 0.238 e. The van der Waals surface area contributed by atoms with Gasteiger partial charge in [-0.25, -0.2) is 0 Å². The van der Waals surface area contributed by atoms with Gasteiger partial charge in [0.2, 0.25) is 5.91 Å². The molecule has 0 spiro atoms. The summed E-state index contributed by atoms with van der Waals surface area (Å²) in [4.78, 5) is 12.1. The lowest BCUT2D eigenvalue weighted by Crippen LogP contribution is -2.29. The molecule has 0 aliphatic heterocycles. The SMILES string of the molecule is COc1ccc(CCNCC(=O)Nc2cc(OC)c(Cl)cc2OC)cc1. The highest BCUT2D eigenvalue weighted by atomic mass is 35.5. The molecule has 7 heteroatoms. The van der Waals surface area contributed by atoms with E-state index in [0.717, 1.165) is 12.2 Å². The van der Waals surface area contributed by atoms with Crippen LogP contribution in [0.1, 0.15) is 5.56 Å². The number of hydrogen-bond donors (Lipinski definition) is 2. The van der Waals surface area contributed by atoms with E-state index in [1.54, 1.807) is 19.2 Å². The second kappa shape index (κ2) is 9.89. The number of anilines is 1. The van der Waals surface area contributed by atoms with E-state index in [4.69, 9.17) is 25.8 Å². The van der Waals surface area contributed by atoms with Crippen molar-refractivity contribution in [2.75, 3.05) is 39.7 Å². The molecule has 0 aromatic heterocycles. The molecule has 2 N–H and O–H groups in total. The first-order valence-electron chi connectivity index (χ1n) is 8.12. The zero-order valence-corrected chi connectivity index (χ0v) is 15.9. The van der Waals surface area contributed by atoms with E-state index in [-0.39, 0.29) is 12.5 Å². The number of amides is 1. The molecule has 2 aromatic rings. The number of carbonyl (C=O) groups is 1. The first kappa shape index (κ1) is 19.9. The van der Waals surface area contributed by atoms with Crippen LogP contribution in [-0.2, 0) is 11.2 Å². The second-order valence-corrected chi connectivity index (χ2v) is 5.92. The molecule has 0 fully saturated rings. The summed E-state index contributed by atoms with van der Waals surface area (Å²) in [6.07, 6.45) is 0.815. The van der Waals surface area contributed by atoms with E-state index in [9.17, 15) is 4.79 Å². The van der Waals surface area contributed by atoms with Crippen LogP contribution in [0, 0.1) is 0 Å². The summed E-state index contributed by atoms with van der Waals surface area (Å²) in [6.45, 7) is 0.866. The van der Waals surface area contributed by atoms with E-state index in [1.165, 1.54) is 19.8 Å². The van der Waals surface area contributed by atoms with Gasteiger partial charge >= 0.3 is 0 Å². The van der Waals surface area contributed by atoms with Gasteiger partial charge in [0.15, 0.2) is 0 Å². The van der Waals surface area contributed by atoms with Gasteiger partial charge in [-0.2, -0.15) is 0 Å². The molecule has 0 saturated heterocycles. The van der Waals surface area contributed by atoms with Crippen molar-refractivity contribution in [3.8, 4) is 17.2 Å². The molecule has 0 atom stereocenters. The van der Waals surface area contributed by atoms with Crippen LogP contribution in [0.3, 0.4) is 0 Å². The molecule has 0 unspecified atom stereocenters. The predicted octanol–water partition coefficient (Wildman–Crippen LogP) is 3.14. The standard InChI is InChI=1S/C19H23ClN2O4/c1-24-14-6-4-13(5-7-14)8-9-21-12-19(23)22-16-11-17(25-2)15(20)10-18(16)26-3/h4-7,10-11,21H,8-9,12H2,1-3H3,(H,22,23). The highest BCUT2D eigenvalue weighted by Crippen LogP contribution is 2.35. The molecule has 0 heterocycles. The molecule has 140 valence electrons. The van der Waals surface area contributed by atoms with Crippen molar-refractivity contribution in [3.63, 3.8) is 0 Å². The molecule has 0 aliphatic rings. The molecule has 0 radical (unpaired) electrons. The van der Waals surface area contributed by atoms with Crippen molar-refractivity contribution in [1.29, 1.82) is 0 Å². The molecule has 26 heavy (non-hydrogen) atoms. The summed E-state index contributed by atoms with van der Waals surface area (Å²) in [7, 11) is 4.67. The Morgan fingerprint density at radius 2 is 1.69 bits per heavy atom. The van der Waals surface area contributed by atoms with Crippen molar-refractivity contribution in [2.24, 2.45) is 0 Å². The van der Waals surface area contributed by atoms with E-state index in [2.05, 4.69) is 10.6 Å². The summed E-state index contributed by atoms with van der Waals surface area (Å²) < 4.78 is 15.5. The Morgan fingerprint density at radius 3 is 2.31 bits per heavy atom. The normalized spacial score (nSPS) is 10.3. The molecule has 0 bridgehead atoms. The summed E-state index contributed by atoms with van der Waals surface area (Å²) in [5.41, 5.74) is 1.68. The van der Waals surface area contributed by atoms with Crippen molar-refractivity contribution in [3.05, 3.63) is 47.0 Å². The van der Waals surface area contributed by atoms with Gasteiger partial charge in [0, 0.05) is 12.1 Å². The van der Waals surface area contributed by atoms with Gasteiger partial charge in [0.1, 0.15) is 17.2 Å². The quantitative estimate of drug-likeness (QED) is 0.656. The third kappa shape index (κ3) is 5.54. The maximum absolute atomic E-state index is 12.1. The minimum Gasteiger partial charge on any atom is -0.497 e. The summed E-state index contributed by atoms with van der Waals surface area (Å²) in [5.74, 6) is 1.59. The summed E-state index contributed by atoms with van der Waals surface area (Å²) >= 11 is 6.06. The fourth-order valence-electron chi connectivity index (χ4n) is 2.38. The van der Waals surface area contributed by atoms with E-state index < -0.39 is 0 Å². The van der Waals surface area contributed by atoms with Crippen LogP contribution in [0.4, 0.5) is 5.69 Å². The number of nitrogens with one attached hydrogen (secondary N) is 2. The van der Waals surface area contributed by atoms with Crippen molar-refractivity contribution < 1.29 is 19.0 Å². The zero-order chi connectivity index (χ0) is 18.9. The van der Waals surface area contributed by atoms with Crippen LogP contribution < -0.4 is 24.8 Å². The lowest BCUT2D eigenvalue weighted by molar-refractivity contribution is -0.115. The number of benzene rings is 2. The summed E-state index contributed by atoms with van der Waals surface area (Å²) in [5, 5.41) is 6.33. The molecule has 1 amide bonds. The minimum absolute atomic E-state index is 0.178. The Hall–Kier alpha value is -2.44. The number of rotatable bonds is 9. The fourth-order valence-corrected chi connectivity index (χ4v) is 2.61. The van der Waals surface area contributed by atoms with E-state index in [0.29, 0.717) is 28.8 Å². The molecule has 2 aromatic carbocycles. The van der Waals surface area contributed by atoms with Gasteiger partial charge < -0.3 is 24.8 Å². The monoisotopic (exact) mass is 378 g/mol. The third-order valence-electron chi connectivity index (χ3n) is 3.78. The van der Waals surface area contributed by atoms with Crippen molar-refractivity contribution in [2.45, 2.75) is 6.42 Å². The van der Waals surface area contributed by atoms with Gasteiger partial charge in [0.05, 0.1) is 38.6 Å². The maximum atomic E-state index is 12.1. The van der Waals surface area contributed by atoms with Crippen LogP contribution >= 0.6 is 11.6 Å². The lowest BCUT2D eigenvalue weighted by Gasteiger charge is -2.13. The van der Waals surface area contributed by atoms with Crippen LogP contribution in [0.15, 0.2) is 36.4 Å². The first-order valence-corrected chi connectivity index (χ1v) is 8.50. The van der Waals surface area contributed by atoms with Crippen LogP contribution in [-0.4, -0.2) is 40.3 Å². The average Bonchev–Trinajstić information content (AvgIpc) is 2.66. The van der Waals surface area contributed by atoms with E-state index >= 15 is 0 Å². The van der Waals surface area contributed by atoms with Crippen LogP contribution in [0.25, 0.3) is 0 Å². The van der Waals surface area contributed by atoms with Crippen LogP contribution in [0.2, 0.25) is 5.02 Å². The molecular formula is C19H23ClN2O4. The number of hydrogen-bond acceptors (Lipinski definition) is 5. The highest BCUT2D eigenvalue weighted by molar-refractivity contribution is 6.32. The Kier molecular flexibility index (Phi) is 7.56. The number of ether oxygens (including phenoxy) is 3. The number of carbonyl (C=O) groups excluding carboxylic acids is 1. The zero-order valence-electron chi connectivity index (χ0n) is 15.1. The number of halogens is 1. The minimum atomic E-state index is -0.178. The van der Waals surface area contributed by atoms with Gasteiger partial charge in [-0.1, -0.05) is 23.7 Å². The Labute approximate surface area is 158 Å². The van der Waals surface area contributed by atoms with Crippen LogP contribution in [0.5, 0.6) is 17.2 Å². The van der Waals surface area contributed by atoms with Gasteiger partial charge in [-0.3, -0.25) is 4.79 Å². The predicted molar refractivity (Wildman–Crippen MR) is 103 cm³/mol. The number of methoxy groups -OCH3 is 3. The third-order valence-corrected chi connectivity index (χ3v) is 4.08. The van der Waals surface area contributed by atoms with Gasteiger partial charge in [-0.15, -0.1) is 0 Å². The Balaban J connectivity index is 1.83. The molecular weight excluding hydrogens is 356 g/mol. The first-order chi connectivity index (χ1) is 12.6. The lowest BCUT2D eigenvalue weighted by atomic mass is 10.1. The van der Waals surface area contributed by atoms with Gasteiger partial charge in [-0.05, 0) is 30.7 Å². The molecule has 0 saturated carbocycles. The highest BCUT2D eigenvalue weighted by Gasteiger charge is 2.12.